The monoisotopic (exact) mass is 214 g/mol. The van der Waals surface area contributed by atoms with E-state index in [1.165, 1.54) is 0 Å². The van der Waals surface area contributed by atoms with Gasteiger partial charge in [-0.3, -0.25) is 4.90 Å². The Hall–Kier alpha value is -0.450. The first-order valence-corrected chi connectivity index (χ1v) is 5.86. The van der Waals surface area contributed by atoms with Crippen LogP contribution >= 0.6 is 0 Å². The number of rotatable bonds is 7. The van der Waals surface area contributed by atoms with Gasteiger partial charge in [0.1, 0.15) is 6.29 Å². The van der Waals surface area contributed by atoms with Crippen molar-refractivity contribution in [3.63, 3.8) is 0 Å². The highest BCUT2D eigenvalue weighted by molar-refractivity contribution is 5.48. The molecule has 0 atom stereocenters. The van der Waals surface area contributed by atoms with Crippen molar-refractivity contribution in [3.8, 4) is 0 Å². The minimum absolute atomic E-state index is 0.263. The summed E-state index contributed by atoms with van der Waals surface area (Å²) in [4.78, 5) is 14.9. The standard InChI is InChI=1S/C11H22N2O2/c14-10-3-1-2-4-12-5-7-13(8-6-12)9-11-15/h10,15H,1-9,11H2. The molecule has 1 aliphatic rings. The summed E-state index contributed by atoms with van der Waals surface area (Å²) in [5.74, 6) is 0. The molecule has 0 spiro atoms. The summed E-state index contributed by atoms with van der Waals surface area (Å²) >= 11 is 0. The molecule has 1 saturated heterocycles. The first kappa shape index (κ1) is 12.6. The zero-order valence-corrected chi connectivity index (χ0v) is 9.40. The number of hydrogen-bond acceptors (Lipinski definition) is 4. The Kier molecular flexibility index (Phi) is 6.55. The van der Waals surface area contributed by atoms with Crippen LogP contribution in [0, 0.1) is 0 Å². The Labute approximate surface area is 91.9 Å². The molecule has 1 heterocycles. The summed E-state index contributed by atoms with van der Waals surface area (Å²) in [7, 11) is 0. The molecule has 88 valence electrons. The molecule has 0 saturated carbocycles. The number of carbonyl (C=O) groups is 1. The fourth-order valence-electron chi connectivity index (χ4n) is 1.94. The van der Waals surface area contributed by atoms with Crippen LogP contribution in [0.3, 0.4) is 0 Å². The third kappa shape index (κ3) is 5.25. The Morgan fingerprint density at radius 3 is 2.13 bits per heavy atom. The molecule has 0 aromatic rings. The number of aliphatic hydroxyl groups is 1. The molecule has 0 unspecified atom stereocenters. The molecule has 4 nitrogen and oxygen atoms in total. The van der Waals surface area contributed by atoms with Crippen LogP contribution in [0.5, 0.6) is 0 Å². The second-order valence-corrected chi connectivity index (χ2v) is 4.07. The number of hydrogen-bond donors (Lipinski definition) is 1. The Morgan fingerprint density at radius 2 is 1.60 bits per heavy atom. The highest BCUT2D eigenvalue weighted by Gasteiger charge is 2.15. The van der Waals surface area contributed by atoms with E-state index in [9.17, 15) is 4.79 Å². The lowest BCUT2D eigenvalue weighted by atomic mass is 10.2. The zero-order valence-electron chi connectivity index (χ0n) is 9.40. The van der Waals surface area contributed by atoms with Crippen LogP contribution in [0.15, 0.2) is 0 Å². The van der Waals surface area contributed by atoms with Crippen molar-refractivity contribution in [1.29, 1.82) is 0 Å². The number of nitrogens with zero attached hydrogens (tertiary/aromatic N) is 2. The van der Waals surface area contributed by atoms with E-state index in [4.69, 9.17) is 5.11 Å². The quantitative estimate of drug-likeness (QED) is 0.477. The number of aliphatic hydroxyl groups excluding tert-OH is 1. The highest BCUT2D eigenvalue weighted by Crippen LogP contribution is 2.03. The summed E-state index contributed by atoms with van der Waals surface area (Å²) in [5.41, 5.74) is 0. The predicted octanol–water partition coefficient (Wildman–Crippen LogP) is -0.0345. The maximum atomic E-state index is 10.1. The topological polar surface area (TPSA) is 43.8 Å². The molecule has 15 heavy (non-hydrogen) atoms. The molecule has 0 aromatic carbocycles. The molecule has 0 amide bonds. The van der Waals surface area contributed by atoms with Gasteiger partial charge in [0, 0.05) is 39.1 Å². The molecule has 1 fully saturated rings. The number of carbonyl (C=O) groups excluding carboxylic acids is 1. The van der Waals surface area contributed by atoms with Gasteiger partial charge in [-0.1, -0.05) is 0 Å². The van der Waals surface area contributed by atoms with E-state index < -0.39 is 0 Å². The minimum atomic E-state index is 0.263. The van der Waals surface area contributed by atoms with Crippen molar-refractivity contribution in [1.82, 2.24) is 9.80 Å². The van der Waals surface area contributed by atoms with E-state index in [1.54, 1.807) is 0 Å². The average Bonchev–Trinajstić information content (AvgIpc) is 2.27. The average molecular weight is 214 g/mol. The number of unbranched alkanes of at least 4 members (excludes halogenated alkanes) is 2. The third-order valence-electron chi connectivity index (χ3n) is 2.93. The van der Waals surface area contributed by atoms with Crippen LogP contribution < -0.4 is 0 Å². The molecule has 1 N–H and O–H groups in total. The van der Waals surface area contributed by atoms with E-state index in [-0.39, 0.29) is 6.61 Å². The van der Waals surface area contributed by atoms with Crippen LogP contribution in [0.4, 0.5) is 0 Å². The van der Waals surface area contributed by atoms with E-state index in [0.717, 1.165) is 58.4 Å². The van der Waals surface area contributed by atoms with Gasteiger partial charge in [0.2, 0.25) is 0 Å². The summed E-state index contributed by atoms with van der Waals surface area (Å²) in [6.07, 6.45) is 3.84. The van der Waals surface area contributed by atoms with Crippen molar-refractivity contribution >= 4 is 6.29 Å². The smallest absolute Gasteiger partial charge is 0.119 e. The molecule has 0 aliphatic carbocycles. The largest absolute Gasteiger partial charge is 0.395 e. The fraction of sp³-hybridized carbons (Fsp3) is 0.909. The summed E-state index contributed by atoms with van der Waals surface area (Å²) in [6, 6.07) is 0. The molecule has 1 rings (SSSR count). The van der Waals surface area contributed by atoms with Crippen molar-refractivity contribution in [3.05, 3.63) is 0 Å². The lowest BCUT2D eigenvalue weighted by Crippen LogP contribution is -2.47. The fourth-order valence-corrected chi connectivity index (χ4v) is 1.94. The first-order chi connectivity index (χ1) is 7.36. The van der Waals surface area contributed by atoms with Crippen LogP contribution in [0.25, 0.3) is 0 Å². The summed E-state index contributed by atoms with van der Waals surface area (Å²) < 4.78 is 0. The molecule has 0 bridgehead atoms. The van der Waals surface area contributed by atoms with Gasteiger partial charge in [-0.25, -0.2) is 0 Å². The molecule has 4 heteroatoms. The van der Waals surface area contributed by atoms with Crippen molar-refractivity contribution in [2.75, 3.05) is 45.9 Å². The van der Waals surface area contributed by atoms with Crippen molar-refractivity contribution in [2.45, 2.75) is 19.3 Å². The van der Waals surface area contributed by atoms with Gasteiger partial charge in [-0.15, -0.1) is 0 Å². The Balaban J connectivity index is 2.01. The molecule has 0 aromatic heterocycles. The maximum absolute atomic E-state index is 10.1. The van der Waals surface area contributed by atoms with Crippen LogP contribution in [-0.2, 0) is 4.79 Å². The lowest BCUT2D eigenvalue weighted by Gasteiger charge is -2.34. The summed E-state index contributed by atoms with van der Waals surface area (Å²) in [6.45, 7) is 6.50. The number of piperazine rings is 1. The second-order valence-electron chi connectivity index (χ2n) is 4.07. The van der Waals surface area contributed by atoms with Gasteiger partial charge >= 0.3 is 0 Å². The predicted molar refractivity (Wildman–Crippen MR) is 59.9 cm³/mol. The van der Waals surface area contributed by atoms with Crippen LogP contribution in [-0.4, -0.2) is 67.1 Å². The van der Waals surface area contributed by atoms with Gasteiger partial charge < -0.3 is 14.8 Å². The van der Waals surface area contributed by atoms with Gasteiger partial charge in [0.05, 0.1) is 6.61 Å². The van der Waals surface area contributed by atoms with E-state index >= 15 is 0 Å². The molecular formula is C11H22N2O2. The van der Waals surface area contributed by atoms with Gasteiger partial charge in [0.15, 0.2) is 0 Å². The molecular weight excluding hydrogens is 192 g/mol. The first-order valence-electron chi connectivity index (χ1n) is 5.86. The second kappa shape index (κ2) is 7.79. The van der Waals surface area contributed by atoms with E-state index in [0.29, 0.717) is 6.42 Å². The number of aldehydes is 1. The van der Waals surface area contributed by atoms with Gasteiger partial charge in [-0.05, 0) is 19.4 Å². The minimum Gasteiger partial charge on any atom is -0.395 e. The van der Waals surface area contributed by atoms with E-state index in [2.05, 4.69) is 9.80 Å². The zero-order chi connectivity index (χ0) is 10.9. The van der Waals surface area contributed by atoms with E-state index in [1.807, 2.05) is 0 Å². The highest BCUT2D eigenvalue weighted by atomic mass is 16.3. The maximum Gasteiger partial charge on any atom is 0.119 e. The lowest BCUT2D eigenvalue weighted by molar-refractivity contribution is -0.107. The van der Waals surface area contributed by atoms with Gasteiger partial charge in [0.25, 0.3) is 0 Å². The number of β-amino-alcohol motifs (C(OH)–C–C–N with tert-alkyl or cyclic N) is 1. The third-order valence-corrected chi connectivity index (χ3v) is 2.93. The Morgan fingerprint density at radius 1 is 1.00 bits per heavy atom. The molecule has 0 radical (unpaired) electrons. The SMILES string of the molecule is O=CCCCCN1CCN(CCO)CC1. The van der Waals surface area contributed by atoms with Crippen LogP contribution in [0.2, 0.25) is 0 Å². The van der Waals surface area contributed by atoms with Crippen molar-refractivity contribution in [2.24, 2.45) is 0 Å². The normalized spacial score (nSPS) is 19.3. The van der Waals surface area contributed by atoms with Gasteiger partial charge in [-0.2, -0.15) is 0 Å². The van der Waals surface area contributed by atoms with Crippen molar-refractivity contribution < 1.29 is 9.90 Å². The Bertz CT molecular complexity index is 168. The summed E-state index contributed by atoms with van der Waals surface area (Å²) in [5, 5.41) is 8.80. The molecule has 1 aliphatic heterocycles. The van der Waals surface area contributed by atoms with Crippen LogP contribution in [0.1, 0.15) is 19.3 Å².